The minimum atomic E-state index is -0.332. The number of nitrogen functional groups attached to an aromatic ring is 1. The third kappa shape index (κ3) is 1.85. The highest BCUT2D eigenvalue weighted by atomic mass is 35.5. The summed E-state index contributed by atoms with van der Waals surface area (Å²) in [6, 6.07) is 10.1. The largest absolute Gasteiger partial charge is 0.369 e. The average molecular weight is 276 g/mol. The van der Waals surface area contributed by atoms with Crippen LogP contribution < -0.4 is 5.73 Å². The molecule has 0 radical (unpaired) electrons. The van der Waals surface area contributed by atoms with Crippen molar-refractivity contribution in [3.63, 3.8) is 0 Å². The molecule has 3 aromatic rings. The van der Waals surface area contributed by atoms with Gasteiger partial charge in [-0.1, -0.05) is 23.7 Å². The second-order valence-corrected chi connectivity index (χ2v) is 4.78. The smallest absolute Gasteiger partial charge is 0.206 e. The molecular formula is C14H11ClFN3. The molecule has 5 heteroatoms. The van der Waals surface area contributed by atoms with E-state index < -0.39 is 0 Å². The van der Waals surface area contributed by atoms with E-state index in [1.165, 1.54) is 6.07 Å². The number of nitrogens with two attached hydrogens (primary N) is 1. The number of fused-ring (bicyclic) bond motifs is 1. The molecule has 0 saturated carbocycles. The van der Waals surface area contributed by atoms with E-state index in [0.717, 1.165) is 11.1 Å². The van der Waals surface area contributed by atoms with Crippen molar-refractivity contribution < 1.29 is 4.39 Å². The Morgan fingerprint density at radius 1 is 1.26 bits per heavy atom. The molecular weight excluding hydrogens is 265 g/mol. The lowest BCUT2D eigenvalue weighted by Gasteiger charge is -2.10. The molecule has 1 heterocycles. The molecule has 19 heavy (non-hydrogen) atoms. The zero-order valence-electron chi connectivity index (χ0n) is 10.2. The molecule has 0 bridgehead atoms. The van der Waals surface area contributed by atoms with Crippen molar-refractivity contribution in [2.75, 3.05) is 5.73 Å². The number of para-hydroxylation sites is 1. The van der Waals surface area contributed by atoms with E-state index in [1.807, 2.05) is 13.0 Å². The highest BCUT2D eigenvalue weighted by molar-refractivity contribution is 6.31. The number of aryl methyl sites for hydroxylation is 1. The first-order valence-corrected chi connectivity index (χ1v) is 6.14. The Balaban J connectivity index is 2.40. The van der Waals surface area contributed by atoms with E-state index in [0.29, 0.717) is 16.2 Å². The van der Waals surface area contributed by atoms with Gasteiger partial charge in [0.25, 0.3) is 0 Å². The van der Waals surface area contributed by atoms with E-state index in [2.05, 4.69) is 4.98 Å². The highest BCUT2D eigenvalue weighted by Crippen LogP contribution is 2.28. The van der Waals surface area contributed by atoms with E-state index in [9.17, 15) is 4.39 Å². The van der Waals surface area contributed by atoms with Crippen LogP contribution in [-0.4, -0.2) is 9.55 Å². The second kappa shape index (κ2) is 4.24. The number of hydrogen-bond donors (Lipinski definition) is 1. The van der Waals surface area contributed by atoms with Gasteiger partial charge in [-0.2, -0.15) is 0 Å². The van der Waals surface area contributed by atoms with Gasteiger partial charge in [0.05, 0.1) is 16.7 Å². The SMILES string of the molecule is Cc1cccc(F)c1-n1c(N)nc2cc(Cl)ccc21. The van der Waals surface area contributed by atoms with Crippen LogP contribution in [0.3, 0.4) is 0 Å². The molecule has 0 fully saturated rings. The Morgan fingerprint density at radius 2 is 2.05 bits per heavy atom. The number of halogens is 2. The standard InChI is InChI=1S/C14H11ClFN3/c1-8-3-2-4-10(16)13(8)19-12-6-5-9(15)7-11(12)18-14(19)17/h2-7H,1H3,(H2,17,18). The Kier molecular flexibility index (Phi) is 2.68. The van der Waals surface area contributed by atoms with Crippen molar-refractivity contribution in [1.29, 1.82) is 0 Å². The van der Waals surface area contributed by atoms with Crippen LogP contribution in [-0.2, 0) is 0 Å². The normalized spacial score (nSPS) is 11.1. The van der Waals surface area contributed by atoms with Gasteiger partial charge in [0.2, 0.25) is 5.95 Å². The predicted octanol–water partition coefficient (Wildman–Crippen LogP) is 3.71. The summed E-state index contributed by atoms with van der Waals surface area (Å²) in [6.07, 6.45) is 0. The van der Waals surface area contributed by atoms with E-state index in [4.69, 9.17) is 17.3 Å². The summed E-state index contributed by atoms with van der Waals surface area (Å²) >= 11 is 5.92. The minimum Gasteiger partial charge on any atom is -0.369 e. The fraction of sp³-hybridized carbons (Fsp3) is 0.0714. The van der Waals surface area contributed by atoms with Gasteiger partial charge in [0.1, 0.15) is 5.82 Å². The molecule has 0 atom stereocenters. The topological polar surface area (TPSA) is 43.8 Å². The molecule has 3 rings (SSSR count). The first-order chi connectivity index (χ1) is 9.08. The first-order valence-electron chi connectivity index (χ1n) is 5.77. The van der Waals surface area contributed by atoms with Gasteiger partial charge in [-0.05, 0) is 36.8 Å². The summed E-state index contributed by atoms with van der Waals surface area (Å²) in [5.41, 5.74) is 8.51. The quantitative estimate of drug-likeness (QED) is 0.736. The molecule has 0 saturated heterocycles. The molecule has 2 N–H and O–H groups in total. The zero-order valence-corrected chi connectivity index (χ0v) is 10.9. The summed E-state index contributed by atoms with van der Waals surface area (Å²) in [7, 11) is 0. The summed E-state index contributed by atoms with van der Waals surface area (Å²) in [4.78, 5) is 4.22. The van der Waals surface area contributed by atoms with Crippen molar-refractivity contribution in [2.24, 2.45) is 0 Å². The fourth-order valence-corrected chi connectivity index (χ4v) is 2.38. The molecule has 0 amide bonds. The van der Waals surface area contributed by atoms with Crippen LogP contribution in [0.5, 0.6) is 0 Å². The van der Waals surface area contributed by atoms with Gasteiger partial charge in [-0.25, -0.2) is 9.37 Å². The molecule has 2 aromatic carbocycles. The number of imidazole rings is 1. The van der Waals surface area contributed by atoms with Crippen LogP contribution in [0.15, 0.2) is 36.4 Å². The summed E-state index contributed by atoms with van der Waals surface area (Å²) in [5.74, 6) is -0.0913. The second-order valence-electron chi connectivity index (χ2n) is 4.34. The average Bonchev–Trinajstić information content (AvgIpc) is 2.65. The Morgan fingerprint density at radius 3 is 2.79 bits per heavy atom. The van der Waals surface area contributed by atoms with Gasteiger partial charge >= 0.3 is 0 Å². The van der Waals surface area contributed by atoms with Gasteiger partial charge in [-0.3, -0.25) is 4.57 Å². The van der Waals surface area contributed by atoms with Gasteiger partial charge in [-0.15, -0.1) is 0 Å². The lowest BCUT2D eigenvalue weighted by atomic mass is 10.2. The van der Waals surface area contributed by atoms with Crippen molar-refractivity contribution in [3.05, 3.63) is 52.8 Å². The van der Waals surface area contributed by atoms with Crippen LogP contribution in [0.4, 0.5) is 10.3 Å². The third-order valence-electron chi connectivity index (χ3n) is 3.05. The molecule has 0 spiro atoms. The van der Waals surface area contributed by atoms with E-state index in [1.54, 1.807) is 28.8 Å². The molecule has 3 nitrogen and oxygen atoms in total. The van der Waals surface area contributed by atoms with Crippen molar-refractivity contribution in [2.45, 2.75) is 6.92 Å². The van der Waals surface area contributed by atoms with Crippen LogP contribution >= 0.6 is 11.6 Å². The molecule has 0 aliphatic heterocycles. The van der Waals surface area contributed by atoms with E-state index in [-0.39, 0.29) is 11.8 Å². The Labute approximate surface area is 114 Å². The molecule has 0 aliphatic carbocycles. The summed E-state index contributed by atoms with van der Waals surface area (Å²) < 4.78 is 15.7. The lowest BCUT2D eigenvalue weighted by molar-refractivity contribution is 0.618. The lowest BCUT2D eigenvalue weighted by Crippen LogP contribution is -2.04. The molecule has 0 aliphatic rings. The van der Waals surface area contributed by atoms with Crippen LogP contribution in [0.1, 0.15) is 5.56 Å². The van der Waals surface area contributed by atoms with Crippen molar-refractivity contribution >= 4 is 28.6 Å². The van der Waals surface area contributed by atoms with Crippen molar-refractivity contribution in [3.8, 4) is 5.69 Å². The minimum absolute atomic E-state index is 0.241. The molecule has 1 aromatic heterocycles. The van der Waals surface area contributed by atoms with Crippen molar-refractivity contribution in [1.82, 2.24) is 9.55 Å². The third-order valence-corrected chi connectivity index (χ3v) is 3.29. The number of hydrogen-bond acceptors (Lipinski definition) is 2. The number of aromatic nitrogens is 2. The number of benzene rings is 2. The number of nitrogens with zero attached hydrogens (tertiary/aromatic N) is 2. The Bertz CT molecular complexity index is 759. The van der Waals surface area contributed by atoms with Gasteiger partial charge in [0.15, 0.2) is 0 Å². The van der Waals surface area contributed by atoms with Crippen LogP contribution in [0.25, 0.3) is 16.7 Å². The van der Waals surface area contributed by atoms with Gasteiger partial charge in [0, 0.05) is 5.02 Å². The van der Waals surface area contributed by atoms with Crippen LogP contribution in [0.2, 0.25) is 5.02 Å². The maximum atomic E-state index is 14.1. The van der Waals surface area contributed by atoms with E-state index >= 15 is 0 Å². The van der Waals surface area contributed by atoms with Gasteiger partial charge < -0.3 is 5.73 Å². The Hall–Kier alpha value is -2.07. The first kappa shape index (κ1) is 12.0. The number of anilines is 1. The maximum absolute atomic E-state index is 14.1. The zero-order chi connectivity index (χ0) is 13.6. The highest BCUT2D eigenvalue weighted by Gasteiger charge is 2.15. The monoisotopic (exact) mass is 275 g/mol. The summed E-state index contributed by atoms with van der Waals surface area (Å²) in [5, 5.41) is 0.572. The predicted molar refractivity (Wildman–Crippen MR) is 75.2 cm³/mol. The molecule has 0 unspecified atom stereocenters. The van der Waals surface area contributed by atoms with Crippen LogP contribution in [0, 0.1) is 12.7 Å². The number of rotatable bonds is 1. The fourth-order valence-electron chi connectivity index (χ4n) is 2.21. The summed E-state index contributed by atoms with van der Waals surface area (Å²) in [6.45, 7) is 1.83. The maximum Gasteiger partial charge on any atom is 0.206 e. The molecule has 96 valence electrons.